The molecular formula is C68H100N2O10Si. The molecule has 81 heavy (non-hydrogen) atoms. The quantitative estimate of drug-likeness (QED) is 0.0851. The number of ether oxygens (including phenoxy) is 8. The molecule has 4 aromatic carbocycles. The molecule has 6 heterocycles. The number of rotatable bonds is 20. The number of hydrogen-bond acceptors (Lipinski definition) is 12. The Morgan fingerprint density at radius 2 is 0.975 bits per heavy atom. The maximum atomic E-state index is 9.56. The summed E-state index contributed by atoms with van der Waals surface area (Å²) < 4.78 is 55.7. The number of aliphatic hydroxyl groups excluding tert-OH is 1. The topological polar surface area (TPSA) is 110 Å². The van der Waals surface area contributed by atoms with Gasteiger partial charge in [0, 0.05) is 64.7 Å². The lowest BCUT2D eigenvalue weighted by molar-refractivity contribution is -0.214. The van der Waals surface area contributed by atoms with Crippen molar-refractivity contribution in [2.75, 3.05) is 81.0 Å². The Morgan fingerprint density at radius 3 is 1.36 bits per heavy atom. The first-order valence-corrected chi connectivity index (χ1v) is 32.8. The fourth-order valence-corrected chi connectivity index (χ4v) is 19.3. The van der Waals surface area contributed by atoms with E-state index in [2.05, 4.69) is 143 Å². The summed E-state index contributed by atoms with van der Waals surface area (Å²) in [5.74, 6) is 4.07. The van der Waals surface area contributed by atoms with Crippen LogP contribution in [0.1, 0.15) is 160 Å². The van der Waals surface area contributed by atoms with Gasteiger partial charge < -0.3 is 47.4 Å². The van der Waals surface area contributed by atoms with Gasteiger partial charge in [0.15, 0.2) is 35.6 Å². The lowest BCUT2D eigenvalue weighted by Gasteiger charge is -2.49. The SMILES string of the molecule is COc1cc2c(cc1OC)[C@H]1C[C@@H](OC3CCCCO3)[C@H](CC(C)(C)CCO)CN1CC2.COc1cc2c(cc1OC)[C@H]1C[C@@H](OC3CCCCO3)[C@H](CC(C)(C)CCO[Si](c3ccccc3)(c3ccccc3)C(C)(C)C)CN1CC2. The van der Waals surface area contributed by atoms with Crippen LogP contribution in [0.4, 0.5) is 0 Å². The van der Waals surface area contributed by atoms with Crippen LogP contribution in [0.15, 0.2) is 84.9 Å². The Labute approximate surface area is 487 Å². The number of hydrogen-bond donors (Lipinski definition) is 1. The van der Waals surface area contributed by atoms with Gasteiger partial charge >= 0.3 is 0 Å². The summed E-state index contributed by atoms with van der Waals surface area (Å²) in [6.45, 7) is 23.2. The van der Waals surface area contributed by atoms with Gasteiger partial charge in [0.25, 0.3) is 8.32 Å². The average molecular weight is 1130 g/mol. The predicted molar refractivity (Wildman–Crippen MR) is 325 cm³/mol. The van der Waals surface area contributed by atoms with Crippen LogP contribution in [-0.2, 0) is 36.2 Å². The van der Waals surface area contributed by atoms with E-state index in [1.807, 2.05) is 0 Å². The standard InChI is InChI=1S/C42H59NO5Si.C26H41NO5/c1-41(2,3)49(33-16-10-8-11-17-33,34-18-12-9-13-19-34)47-25-22-42(4,5)29-32-30-43-23-21-31-26-38(44-6)39(45-7)27-35(31)36(43)28-37(32)48-40-20-14-15-24-46-40;1-26(2,9-11-28)16-19-17-27-10-8-18-13-23(29-3)24(30-4)14-20(18)21(27)15-22(19)32-25-7-5-6-12-31-25/h8-13,16-19,26-27,32,36-37,40H,14-15,20-25,28-30H2,1-7H3;13-14,19,21-22,25,28H,5-12,15-17H2,1-4H3/t32-,36-,37-,40?;19-,21-,22-,25?/m11/s1. The van der Waals surface area contributed by atoms with Crippen LogP contribution >= 0.6 is 0 Å². The van der Waals surface area contributed by atoms with Crippen LogP contribution in [0.3, 0.4) is 0 Å². The first kappa shape index (κ1) is 61.5. The summed E-state index contributed by atoms with van der Waals surface area (Å²) >= 11 is 0. The highest BCUT2D eigenvalue weighted by molar-refractivity contribution is 6.99. The van der Waals surface area contributed by atoms with Crippen molar-refractivity contribution in [2.24, 2.45) is 22.7 Å². The molecule has 8 atom stereocenters. The van der Waals surface area contributed by atoms with Crippen molar-refractivity contribution in [1.29, 1.82) is 0 Å². The fourth-order valence-electron chi connectivity index (χ4n) is 14.7. The van der Waals surface area contributed by atoms with Crippen molar-refractivity contribution in [3.05, 3.63) is 107 Å². The highest BCUT2D eigenvalue weighted by Crippen LogP contribution is 2.49. The minimum Gasteiger partial charge on any atom is -0.493 e. The van der Waals surface area contributed by atoms with E-state index in [9.17, 15) is 5.11 Å². The molecule has 0 bridgehead atoms. The van der Waals surface area contributed by atoms with Gasteiger partial charge in [0.2, 0.25) is 0 Å². The Hall–Kier alpha value is -4.02. The van der Waals surface area contributed by atoms with E-state index in [-0.39, 0.29) is 47.3 Å². The number of nitrogens with zero attached hydrogens (tertiary/aromatic N) is 2. The molecule has 0 spiro atoms. The van der Waals surface area contributed by atoms with E-state index in [4.69, 9.17) is 42.3 Å². The number of benzene rings is 4. The molecule has 6 aliphatic rings. The third-order valence-electron chi connectivity index (χ3n) is 19.0. The maximum absolute atomic E-state index is 9.56. The number of fused-ring (bicyclic) bond motifs is 6. The Balaban J connectivity index is 0.000000214. The van der Waals surface area contributed by atoms with Gasteiger partial charge in [-0.3, -0.25) is 9.80 Å². The van der Waals surface area contributed by atoms with E-state index < -0.39 is 8.32 Å². The molecule has 12 nitrogen and oxygen atoms in total. The minimum absolute atomic E-state index is 0.0333. The number of aliphatic hydroxyl groups is 1. The molecule has 0 radical (unpaired) electrons. The normalized spacial score (nSPS) is 25.5. The second-order valence-corrected chi connectivity index (χ2v) is 31.0. The predicted octanol–water partition coefficient (Wildman–Crippen LogP) is 12.3. The molecule has 0 saturated carbocycles. The Bertz CT molecular complexity index is 2560. The molecule has 1 N–H and O–H groups in total. The zero-order valence-electron chi connectivity index (χ0n) is 51.3. The zero-order valence-corrected chi connectivity index (χ0v) is 52.3. The second-order valence-electron chi connectivity index (χ2n) is 26.7. The largest absolute Gasteiger partial charge is 0.493 e. The molecule has 446 valence electrons. The number of methoxy groups -OCH3 is 4. The van der Waals surface area contributed by atoms with Gasteiger partial charge in [-0.15, -0.1) is 0 Å². The second kappa shape index (κ2) is 27.3. The van der Waals surface area contributed by atoms with Crippen molar-refractivity contribution in [1.82, 2.24) is 9.80 Å². The summed E-state index contributed by atoms with van der Waals surface area (Å²) in [6.07, 6.45) is 14.5. The van der Waals surface area contributed by atoms with Crippen molar-refractivity contribution >= 4 is 18.7 Å². The van der Waals surface area contributed by atoms with Gasteiger partial charge in [-0.25, -0.2) is 0 Å². The van der Waals surface area contributed by atoms with Crippen LogP contribution < -0.4 is 29.3 Å². The average Bonchev–Trinajstić information content (AvgIpc) is 3.60. The Kier molecular flexibility index (Phi) is 20.8. The van der Waals surface area contributed by atoms with E-state index >= 15 is 0 Å². The lowest BCUT2D eigenvalue weighted by atomic mass is 9.73. The van der Waals surface area contributed by atoms with Crippen molar-refractivity contribution in [2.45, 2.75) is 180 Å². The van der Waals surface area contributed by atoms with Crippen LogP contribution in [0, 0.1) is 22.7 Å². The fraction of sp³-hybridized carbons (Fsp3) is 0.647. The Morgan fingerprint density at radius 1 is 0.556 bits per heavy atom. The van der Waals surface area contributed by atoms with Gasteiger partial charge in [-0.05, 0) is 174 Å². The van der Waals surface area contributed by atoms with Crippen molar-refractivity contribution in [3.63, 3.8) is 0 Å². The third-order valence-corrected chi connectivity index (χ3v) is 24.0. The van der Waals surface area contributed by atoms with Crippen LogP contribution in [0.2, 0.25) is 5.04 Å². The molecule has 4 saturated heterocycles. The molecule has 10 rings (SSSR count). The van der Waals surface area contributed by atoms with E-state index in [1.54, 1.807) is 28.4 Å². The third kappa shape index (κ3) is 14.6. The van der Waals surface area contributed by atoms with E-state index in [1.165, 1.54) is 45.5 Å². The first-order chi connectivity index (χ1) is 39.0. The maximum Gasteiger partial charge on any atom is 0.261 e. The van der Waals surface area contributed by atoms with Crippen LogP contribution in [0.25, 0.3) is 0 Å². The summed E-state index contributed by atoms with van der Waals surface area (Å²) in [6, 6.07) is 31.4. The molecule has 13 heteroatoms. The van der Waals surface area contributed by atoms with Gasteiger partial charge in [0.05, 0.1) is 40.6 Å². The summed E-state index contributed by atoms with van der Waals surface area (Å²) in [4.78, 5) is 5.34. The molecule has 0 aromatic heterocycles. The van der Waals surface area contributed by atoms with Gasteiger partial charge in [0.1, 0.15) is 0 Å². The van der Waals surface area contributed by atoms with Crippen LogP contribution in [-0.4, -0.2) is 129 Å². The van der Waals surface area contributed by atoms with Gasteiger partial charge in [-0.2, -0.15) is 0 Å². The molecule has 0 amide bonds. The van der Waals surface area contributed by atoms with E-state index in [0.717, 1.165) is 146 Å². The first-order valence-electron chi connectivity index (χ1n) is 30.9. The molecule has 4 aromatic rings. The monoisotopic (exact) mass is 1130 g/mol. The molecular weight excluding hydrogens is 1030 g/mol. The van der Waals surface area contributed by atoms with Crippen molar-refractivity contribution < 1.29 is 47.4 Å². The summed E-state index contributed by atoms with van der Waals surface area (Å²) in [5, 5.41) is 12.2. The van der Waals surface area contributed by atoms with Crippen molar-refractivity contribution in [3.8, 4) is 23.0 Å². The summed E-state index contributed by atoms with van der Waals surface area (Å²) in [7, 11) is 4.27. The molecule has 0 aliphatic carbocycles. The minimum atomic E-state index is -2.58. The lowest BCUT2D eigenvalue weighted by Crippen LogP contribution is -2.66. The highest BCUT2D eigenvalue weighted by Gasteiger charge is 2.51. The van der Waals surface area contributed by atoms with Crippen LogP contribution in [0.5, 0.6) is 23.0 Å². The number of piperidine rings is 2. The smallest absolute Gasteiger partial charge is 0.261 e. The molecule has 6 aliphatic heterocycles. The van der Waals surface area contributed by atoms with E-state index in [0.29, 0.717) is 23.9 Å². The zero-order chi connectivity index (χ0) is 57.4. The van der Waals surface area contributed by atoms with Gasteiger partial charge in [-0.1, -0.05) is 109 Å². The molecule has 2 unspecified atom stereocenters. The highest BCUT2D eigenvalue weighted by atomic mass is 28.4. The summed E-state index contributed by atoms with van der Waals surface area (Å²) in [5.41, 5.74) is 5.59. The molecule has 4 fully saturated rings.